The molecule has 6 heteroatoms. The summed E-state index contributed by atoms with van der Waals surface area (Å²) in [4.78, 5) is 12.3. The molecule has 2 rings (SSSR count). The molecule has 1 aromatic heterocycles. The van der Waals surface area contributed by atoms with Gasteiger partial charge in [0.15, 0.2) is 5.60 Å². The molecule has 0 aliphatic heterocycles. The second-order valence-corrected chi connectivity index (χ2v) is 6.09. The first-order chi connectivity index (χ1) is 10.3. The van der Waals surface area contributed by atoms with Crippen LogP contribution in [0.2, 0.25) is 5.02 Å². The van der Waals surface area contributed by atoms with E-state index in [9.17, 15) is 4.79 Å². The van der Waals surface area contributed by atoms with Crippen LogP contribution in [-0.2, 0) is 18.4 Å². The summed E-state index contributed by atoms with van der Waals surface area (Å²) in [5, 5.41) is 7.75. The zero-order valence-corrected chi connectivity index (χ0v) is 13.9. The van der Waals surface area contributed by atoms with Crippen molar-refractivity contribution >= 4 is 17.5 Å². The molecule has 5 nitrogen and oxygen atoms in total. The molecule has 2 aromatic rings. The van der Waals surface area contributed by atoms with Crippen molar-refractivity contribution in [2.75, 3.05) is 0 Å². The number of benzene rings is 1. The number of halogens is 1. The topological polar surface area (TPSA) is 56.1 Å². The van der Waals surface area contributed by atoms with Crippen LogP contribution in [0.25, 0.3) is 0 Å². The van der Waals surface area contributed by atoms with E-state index in [1.807, 2.05) is 20.0 Å². The highest BCUT2D eigenvalue weighted by Crippen LogP contribution is 2.21. The molecule has 0 bridgehead atoms. The Balaban J connectivity index is 1.97. The summed E-state index contributed by atoms with van der Waals surface area (Å²) >= 11 is 5.84. The fourth-order valence-corrected chi connectivity index (χ4v) is 2.18. The number of rotatable bonds is 5. The van der Waals surface area contributed by atoms with Crippen molar-refractivity contribution in [3.05, 3.63) is 46.7 Å². The van der Waals surface area contributed by atoms with Gasteiger partial charge in [0.25, 0.3) is 5.91 Å². The van der Waals surface area contributed by atoms with E-state index in [-0.39, 0.29) is 5.91 Å². The molecule has 0 unspecified atom stereocenters. The Labute approximate surface area is 135 Å². The van der Waals surface area contributed by atoms with E-state index in [1.54, 1.807) is 42.8 Å². The molecule has 0 fully saturated rings. The van der Waals surface area contributed by atoms with Gasteiger partial charge in [-0.05, 0) is 51.1 Å². The highest BCUT2D eigenvalue weighted by Gasteiger charge is 2.29. The van der Waals surface area contributed by atoms with Crippen molar-refractivity contribution in [3.63, 3.8) is 0 Å². The Morgan fingerprint density at radius 2 is 2.00 bits per heavy atom. The van der Waals surface area contributed by atoms with Gasteiger partial charge in [-0.15, -0.1) is 0 Å². The number of nitrogens with one attached hydrogen (secondary N) is 1. The smallest absolute Gasteiger partial charge is 0.263 e. The molecule has 0 radical (unpaired) electrons. The van der Waals surface area contributed by atoms with Crippen LogP contribution in [0.5, 0.6) is 5.75 Å². The molecule has 118 valence electrons. The van der Waals surface area contributed by atoms with E-state index in [2.05, 4.69) is 10.4 Å². The molecule has 0 spiro atoms. The third kappa shape index (κ3) is 4.01. The van der Waals surface area contributed by atoms with Gasteiger partial charge in [-0.2, -0.15) is 5.10 Å². The molecule has 0 aliphatic carbocycles. The zero-order chi connectivity index (χ0) is 16.3. The fourth-order valence-electron chi connectivity index (χ4n) is 2.06. The summed E-state index contributed by atoms with van der Waals surface area (Å²) in [6.45, 7) is 5.78. The number of carbonyl (C=O) groups excluding carboxylic acids is 1. The monoisotopic (exact) mass is 321 g/mol. The summed E-state index contributed by atoms with van der Waals surface area (Å²) in [7, 11) is 1.85. The molecule has 0 saturated carbocycles. The van der Waals surface area contributed by atoms with Crippen molar-refractivity contribution in [3.8, 4) is 5.75 Å². The van der Waals surface area contributed by atoms with Crippen LogP contribution in [0.4, 0.5) is 0 Å². The molecule has 0 atom stereocenters. The van der Waals surface area contributed by atoms with E-state index in [4.69, 9.17) is 16.3 Å². The predicted octanol–water partition coefficient (Wildman–Crippen LogP) is 2.86. The standard InChI is InChI=1S/C16H20ClN3O2/c1-11-9-13(20(4)19-11)10-18-15(21)16(2,3)22-14-7-5-12(17)6-8-14/h5-9H,10H2,1-4H3,(H,18,21). The SMILES string of the molecule is Cc1cc(CNC(=O)C(C)(C)Oc2ccc(Cl)cc2)n(C)n1. The summed E-state index contributed by atoms with van der Waals surface area (Å²) in [6, 6.07) is 8.86. The number of ether oxygens (including phenoxy) is 1. The van der Waals surface area contributed by atoms with Gasteiger partial charge < -0.3 is 10.1 Å². The van der Waals surface area contributed by atoms with E-state index in [1.165, 1.54) is 0 Å². The fraction of sp³-hybridized carbons (Fsp3) is 0.375. The van der Waals surface area contributed by atoms with Gasteiger partial charge >= 0.3 is 0 Å². The number of nitrogens with zero attached hydrogens (tertiary/aromatic N) is 2. The lowest BCUT2D eigenvalue weighted by Crippen LogP contribution is -2.46. The van der Waals surface area contributed by atoms with Gasteiger partial charge in [-0.3, -0.25) is 9.48 Å². The van der Waals surface area contributed by atoms with Crippen LogP contribution < -0.4 is 10.1 Å². The van der Waals surface area contributed by atoms with Crippen molar-refractivity contribution in [1.82, 2.24) is 15.1 Å². The minimum absolute atomic E-state index is 0.193. The summed E-state index contributed by atoms with van der Waals surface area (Å²) in [6.07, 6.45) is 0. The number of amides is 1. The number of aromatic nitrogens is 2. The van der Waals surface area contributed by atoms with Gasteiger partial charge in [-0.1, -0.05) is 11.6 Å². The second-order valence-electron chi connectivity index (χ2n) is 5.65. The number of hydrogen-bond donors (Lipinski definition) is 1. The van der Waals surface area contributed by atoms with Gasteiger partial charge in [0.1, 0.15) is 5.75 Å². The largest absolute Gasteiger partial charge is 0.478 e. The number of hydrogen-bond acceptors (Lipinski definition) is 3. The Morgan fingerprint density at radius 1 is 1.36 bits per heavy atom. The number of aryl methyl sites for hydroxylation is 2. The third-order valence-corrected chi connectivity index (χ3v) is 3.51. The second kappa shape index (κ2) is 6.40. The maximum Gasteiger partial charge on any atom is 0.263 e. The molecule has 1 amide bonds. The Morgan fingerprint density at radius 3 is 2.55 bits per heavy atom. The van der Waals surface area contributed by atoms with Crippen LogP contribution in [0.15, 0.2) is 30.3 Å². The molecular formula is C16H20ClN3O2. The van der Waals surface area contributed by atoms with Gasteiger partial charge in [-0.25, -0.2) is 0 Å². The maximum atomic E-state index is 12.3. The minimum atomic E-state index is -0.985. The van der Waals surface area contributed by atoms with Gasteiger partial charge in [0.2, 0.25) is 0 Å². The predicted molar refractivity (Wildman–Crippen MR) is 86.0 cm³/mol. The molecule has 0 saturated heterocycles. The summed E-state index contributed by atoms with van der Waals surface area (Å²) in [5.74, 6) is 0.405. The first-order valence-corrected chi connectivity index (χ1v) is 7.38. The average Bonchev–Trinajstić information content (AvgIpc) is 2.76. The maximum absolute atomic E-state index is 12.3. The molecule has 1 aromatic carbocycles. The first kappa shape index (κ1) is 16.4. The quantitative estimate of drug-likeness (QED) is 0.921. The molecular weight excluding hydrogens is 302 g/mol. The minimum Gasteiger partial charge on any atom is -0.478 e. The Hall–Kier alpha value is -2.01. The zero-order valence-electron chi connectivity index (χ0n) is 13.2. The summed E-state index contributed by atoms with van der Waals surface area (Å²) < 4.78 is 7.50. The summed E-state index contributed by atoms with van der Waals surface area (Å²) in [5.41, 5.74) is 0.873. The van der Waals surface area contributed by atoms with Gasteiger partial charge in [0.05, 0.1) is 17.9 Å². The van der Waals surface area contributed by atoms with E-state index in [0.29, 0.717) is 17.3 Å². The van der Waals surface area contributed by atoms with E-state index < -0.39 is 5.60 Å². The molecule has 1 N–H and O–H groups in total. The lowest BCUT2D eigenvalue weighted by atomic mass is 10.1. The van der Waals surface area contributed by atoms with E-state index >= 15 is 0 Å². The van der Waals surface area contributed by atoms with Crippen LogP contribution in [0.3, 0.4) is 0 Å². The van der Waals surface area contributed by atoms with Crippen molar-refractivity contribution in [1.29, 1.82) is 0 Å². The van der Waals surface area contributed by atoms with Crippen LogP contribution in [-0.4, -0.2) is 21.3 Å². The highest BCUT2D eigenvalue weighted by atomic mass is 35.5. The average molecular weight is 322 g/mol. The Bertz CT molecular complexity index is 663. The van der Waals surface area contributed by atoms with Crippen LogP contribution in [0.1, 0.15) is 25.2 Å². The normalized spacial score (nSPS) is 11.3. The third-order valence-electron chi connectivity index (χ3n) is 3.26. The molecule has 22 heavy (non-hydrogen) atoms. The Kier molecular flexibility index (Phi) is 4.76. The van der Waals surface area contributed by atoms with Crippen LogP contribution in [0, 0.1) is 6.92 Å². The highest BCUT2D eigenvalue weighted by molar-refractivity contribution is 6.30. The molecule has 1 heterocycles. The van der Waals surface area contributed by atoms with Crippen molar-refractivity contribution < 1.29 is 9.53 Å². The van der Waals surface area contributed by atoms with Crippen LogP contribution >= 0.6 is 11.6 Å². The van der Waals surface area contributed by atoms with Crippen molar-refractivity contribution in [2.24, 2.45) is 7.05 Å². The lowest BCUT2D eigenvalue weighted by Gasteiger charge is -2.25. The number of carbonyl (C=O) groups is 1. The lowest BCUT2D eigenvalue weighted by molar-refractivity contribution is -0.134. The van der Waals surface area contributed by atoms with E-state index in [0.717, 1.165) is 11.4 Å². The molecule has 0 aliphatic rings. The van der Waals surface area contributed by atoms with Gasteiger partial charge in [0, 0.05) is 12.1 Å². The first-order valence-electron chi connectivity index (χ1n) is 7.00. The van der Waals surface area contributed by atoms with Crippen molar-refractivity contribution in [2.45, 2.75) is 32.9 Å².